The Kier molecular flexibility index (Phi) is 2.98. The fourth-order valence-corrected chi connectivity index (χ4v) is 2.81. The number of thiocarbonyl (C=S) groups is 1. The van der Waals surface area contributed by atoms with Gasteiger partial charge in [0.05, 0.1) is 12.2 Å². The van der Waals surface area contributed by atoms with E-state index < -0.39 is 0 Å². The van der Waals surface area contributed by atoms with Gasteiger partial charge in [-0.1, -0.05) is 24.4 Å². The molecular weight excluding hydrogens is 256 g/mol. The second kappa shape index (κ2) is 4.66. The standard InChI is InChI=1S/C14H16N4S/c1-10-3-2-4-11(14(15)19)13(10)18-8-7-17-6-5-16-12(17)9-18/h2-6H,7-9H2,1H3,(H2,15,19). The molecule has 19 heavy (non-hydrogen) atoms. The predicted molar refractivity (Wildman–Crippen MR) is 80.3 cm³/mol. The Labute approximate surface area is 117 Å². The van der Waals surface area contributed by atoms with Crippen molar-refractivity contribution in [3.05, 3.63) is 47.5 Å². The van der Waals surface area contributed by atoms with Crippen molar-refractivity contribution in [1.29, 1.82) is 0 Å². The van der Waals surface area contributed by atoms with Gasteiger partial charge in [-0.05, 0) is 18.6 Å². The number of hydrogen-bond donors (Lipinski definition) is 1. The summed E-state index contributed by atoms with van der Waals surface area (Å²) in [6, 6.07) is 6.09. The van der Waals surface area contributed by atoms with Crippen LogP contribution in [0.4, 0.5) is 5.69 Å². The van der Waals surface area contributed by atoms with Gasteiger partial charge in [0.25, 0.3) is 0 Å². The third-order valence-electron chi connectivity index (χ3n) is 3.56. The minimum atomic E-state index is 0.451. The van der Waals surface area contributed by atoms with E-state index in [4.69, 9.17) is 18.0 Å². The molecule has 5 heteroatoms. The van der Waals surface area contributed by atoms with Crippen molar-refractivity contribution in [2.45, 2.75) is 20.0 Å². The highest BCUT2D eigenvalue weighted by Crippen LogP contribution is 2.28. The van der Waals surface area contributed by atoms with E-state index in [0.29, 0.717) is 4.99 Å². The molecule has 1 aromatic heterocycles. The molecule has 0 saturated carbocycles. The number of hydrogen-bond acceptors (Lipinski definition) is 3. The van der Waals surface area contributed by atoms with Crippen molar-refractivity contribution in [3.8, 4) is 0 Å². The summed E-state index contributed by atoms with van der Waals surface area (Å²) in [4.78, 5) is 7.16. The van der Waals surface area contributed by atoms with E-state index in [9.17, 15) is 0 Å². The molecular formula is C14H16N4S. The van der Waals surface area contributed by atoms with Crippen molar-refractivity contribution in [2.24, 2.45) is 5.73 Å². The molecule has 1 aromatic carbocycles. The van der Waals surface area contributed by atoms with Crippen LogP contribution in [0.15, 0.2) is 30.6 Å². The number of nitrogens with zero attached hydrogens (tertiary/aromatic N) is 3. The van der Waals surface area contributed by atoms with E-state index in [1.54, 1.807) is 0 Å². The number of rotatable bonds is 2. The maximum Gasteiger partial charge on any atom is 0.128 e. The van der Waals surface area contributed by atoms with E-state index in [1.165, 1.54) is 5.56 Å². The van der Waals surface area contributed by atoms with E-state index >= 15 is 0 Å². The number of fused-ring (bicyclic) bond motifs is 1. The summed E-state index contributed by atoms with van der Waals surface area (Å²) < 4.78 is 2.19. The van der Waals surface area contributed by atoms with Crippen LogP contribution >= 0.6 is 12.2 Å². The number of anilines is 1. The largest absolute Gasteiger partial charge is 0.389 e. The number of imidazole rings is 1. The minimum Gasteiger partial charge on any atom is -0.389 e. The number of nitrogens with two attached hydrogens (primary N) is 1. The normalized spacial score (nSPS) is 14.3. The van der Waals surface area contributed by atoms with E-state index in [0.717, 1.165) is 36.7 Å². The maximum atomic E-state index is 5.85. The molecule has 0 unspecified atom stereocenters. The highest BCUT2D eigenvalue weighted by atomic mass is 32.1. The number of aromatic nitrogens is 2. The van der Waals surface area contributed by atoms with Crippen molar-refractivity contribution in [2.75, 3.05) is 11.4 Å². The molecule has 2 heterocycles. The lowest BCUT2D eigenvalue weighted by molar-refractivity contribution is 0.559. The topological polar surface area (TPSA) is 47.1 Å². The molecule has 0 bridgehead atoms. The van der Waals surface area contributed by atoms with Crippen LogP contribution in [0.1, 0.15) is 17.0 Å². The van der Waals surface area contributed by atoms with Crippen molar-refractivity contribution in [3.63, 3.8) is 0 Å². The lowest BCUT2D eigenvalue weighted by Crippen LogP contribution is -2.35. The number of benzene rings is 1. The molecule has 4 nitrogen and oxygen atoms in total. The first-order valence-corrected chi connectivity index (χ1v) is 6.72. The molecule has 0 fully saturated rings. The molecule has 1 aliphatic rings. The first kappa shape index (κ1) is 12.2. The summed E-state index contributed by atoms with van der Waals surface area (Å²) in [7, 11) is 0. The molecule has 0 spiro atoms. The van der Waals surface area contributed by atoms with Gasteiger partial charge in [-0.2, -0.15) is 0 Å². The molecule has 0 amide bonds. The summed E-state index contributed by atoms with van der Waals surface area (Å²) in [5, 5.41) is 0. The van der Waals surface area contributed by atoms with Crippen LogP contribution in [0.5, 0.6) is 0 Å². The molecule has 3 rings (SSSR count). The zero-order valence-electron chi connectivity index (χ0n) is 10.8. The lowest BCUT2D eigenvalue weighted by Gasteiger charge is -2.32. The van der Waals surface area contributed by atoms with Crippen LogP contribution in [0.25, 0.3) is 0 Å². The third kappa shape index (κ3) is 2.10. The Morgan fingerprint density at radius 2 is 2.21 bits per heavy atom. The smallest absolute Gasteiger partial charge is 0.128 e. The minimum absolute atomic E-state index is 0.451. The summed E-state index contributed by atoms with van der Waals surface area (Å²) in [5.41, 5.74) is 9.14. The molecule has 0 atom stereocenters. The van der Waals surface area contributed by atoms with Crippen LogP contribution in [-0.2, 0) is 13.1 Å². The van der Waals surface area contributed by atoms with E-state index in [1.807, 2.05) is 24.5 Å². The Hall–Kier alpha value is -1.88. The zero-order valence-corrected chi connectivity index (χ0v) is 11.7. The highest BCUT2D eigenvalue weighted by Gasteiger charge is 2.21. The van der Waals surface area contributed by atoms with Crippen molar-refractivity contribution >= 4 is 22.9 Å². The molecule has 2 aromatic rings. The molecule has 98 valence electrons. The van der Waals surface area contributed by atoms with Gasteiger partial charge >= 0.3 is 0 Å². The van der Waals surface area contributed by atoms with Crippen LogP contribution in [0.3, 0.4) is 0 Å². The first-order valence-electron chi connectivity index (χ1n) is 6.31. The molecule has 2 N–H and O–H groups in total. The summed E-state index contributed by atoms with van der Waals surface area (Å²) in [6.45, 7) is 4.79. The van der Waals surface area contributed by atoms with E-state index in [2.05, 4.69) is 27.4 Å². The molecule has 0 radical (unpaired) electrons. The fourth-order valence-electron chi connectivity index (χ4n) is 2.64. The summed E-state index contributed by atoms with van der Waals surface area (Å²) >= 11 is 5.17. The molecule has 0 aliphatic carbocycles. The quantitative estimate of drug-likeness (QED) is 0.848. The number of para-hydroxylation sites is 1. The summed E-state index contributed by atoms with van der Waals surface area (Å²) in [5.74, 6) is 1.09. The molecule has 1 aliphatic heterocycles. The number of aryl methyl sites for hydroxylation is 1. The zero-order chi connectivity index (χ0) is 13.4. The van der Waals surface area contributed by atoms with Gasteiger partial charge < -0.3 is 15.2 Å². The van der Waals surface area contributed by atoms with Crippen molar-refractivity contribution in [1.82, 2.24) is 9.55 Å². The van der Waals surface area contributed by atoms with Crippen molar-refractivity contribution < 1.29 is 0 Å². The average molecular weight is 272 g/mol. The van der Waals surface area contributed by atoms with Gasteiger partial charge in [-0.15, -0.1) is 0 Å². The van der Waals surface area contributed by atoms with Gasteiger partial charge in [-0.3, -0.25) is 0 Å². The Morgan fingerprint density at radius 1 is 1.37 bits per heavy atom. The SMILES string of the molecule is Cc1cccc(C(N)=S)c1N1CCn2ccnc2C1. The van der Waals surface area contributed by atoms with E-state index in [-0.39, 0.29) is 0 Å². The second-order valence-corrected chi connectivity index (χ2v) is 5.23. The maximum absolute atomic E-state index is 5.85. The van der Waals surface area contributed by atoms with Gasteiger partial charge in [0, 0.05) is 31.0 Å². The van der Waals surface area contributed by atoms with Gasteiger partial charge in [0.1, 0.15) is 10.8 Å². The molecule has 0 saturated heterocycles. The van der Waals surface area contributed by atoms with Gasteiger partial charge in [0.15, 0.2) is 0 Å². The third-order valence-corrected chi connectivity index (χ3v) is 3.78. The van der Waals surface area contributed by atoms with Crippen LogP contribution in [-0.4, -0.2) is 21.1 Å². The summed E-state index contributed by atoms with van der Waals surface area (Å²) in [6.07, 6.45) is 3.88. The van der Waals surface area contributed by atoms with Crippen LogP contribution in [0, 0.1) is 6.92 Å². The lowest BCUT2D eigenvalue weighted by atomic mass is 10.1. The Morgan fingerprint density at radius 3 is 3.00 bits per heavy atom. The highest BCUT2D eigenvalue weighted by molar-refractivity contribution is 7.80. The van der Waals surface area contributed by atoms with Crippen LogP contribution < -0.4 is 10.6 Å². The predicted octanol–water partition coefficient (Wildman–Crippen LogP) is 1.85. The second-order valence-electron chi connectivity index (χ2n) is 4.79. The average Bonchev–Trinajstić information content (AvgIpc) is 2.85. The van der Waals surface area contributed by atoms with Crippen LogP contribution in [0.2, 0.25) is 0 Å². The monoisotopic (exact) mass is 272 g/mol. The van der Waals surface area contributed by atoms with Gasteiger partial charge in [0.2, 0.25) is 0 Å². The van der Waals surface area contributed by atoms with Gasteiger partial charge in [-0.25, -0.2) is 4.98 Å². The Balaban J connectivity index is 2.02. The Bertz CT molecular complexity index is 632. The first-order chi connectivity index (χ1) is 9.16. The fraction of sp³-hybridized carbons (Fsp3) is 0.286.